The molecule has 2 rings (SSSR count). The molecule has 0 amide bonds. The van der Waals surface area contributed by atoms with Crippen LogP contribution in [0.3, 0.4) is 0 Å². The lowest BCUT2D eigenvalue weighted by Gasteiger charge is -2.05. The Kier molecular flexibility index (Phi) is 4.41. The molecule has 0 saturated heterocycles. The van der Waals surface area contributed by atoms with Gasteiger partial charge >= 0.3 is 0 Å². The minimum absolute atomic E-state index is 0.0836. The molecule has 0 radical (unpaired) electrons. The number of benzene rings is 2. The zero-order chi connectivity index (χ0) is 13.7. The summed E-state index contributed by atoms with van der Waals surface area (Å²) in [6.45, 7) is 0. The molecule has 4 nitrogen and oxygen atoms in total. The first kappa shape index (κ1) is 13.4. The maximum Gasteiger partial charge on any atom is 0.286 e. The smallest absolute Gasteiger partial charge is 0.286 e. The largest absolute Gasteiger partial charge is 0.497 e. The summed E-state index contributed by atoms with van der Waals surface area (Å²) in [5.41, 5.74) is 1.22. The van der Waals surface area contributed by atoms with Gasteiger partial charge in [0.1, 0.15) is 5.75 Å². The highest BCUT2D eigenvalue weighted by atomic mass is 32.2. The third kappa shape index (κ3) is 3.48. The summed E-state index contributed by atoms with van der Waals surface area (Å²) in [6.07, 6.45) is 0. The van der Waals surface area contributed by atoms with Crippen molar-refractivity contribution in [3.05, 3.63) is 64.2 Å². The molecule has 0 unspecified atom stereocenters. The van der Waals surface area contributed by atoms with Gasteiger partial charge in [0.15, 0.2) is 0 Å². The molecule has 2 aromatic rings. The Morgan fingerprint density at radius 3 is 2.58 bits per heavy atom. The fourth-order valence-corrected chi connectivity index (χ4v) is 2.58. The first-order valence-corrected chi connectivity index (χ1v) is 6.68. The molecule has 98 valence electrons. The highest BCUT2D eigenvalue weighted by Crippen LogP contribution is 2.34. The van der Waals surface area contributed by atoms with Gasteiger partial charge in [-0.3, -0.25) is 10.1 Å². The normalized spacial score (nSPS) is 10.2. The van der Waals surface area contributed by atoms with Gasteiger partial charge in [-0.15, -0.1) is 11.8 Å². The van der Waals surface area contributed by atoms with Crippen LogP contribution in [0.15, 0.2) is 53.4 Å². The van der Waals surface area contributed by atoms with Crippen molar-refractivity contribution in [1.29, 1.82) is 0 Å². The van der Waals surface area contributed by atoms with E-state index in [1.165, 1.54) is 24.9 Å². The van der Waals surface area contributed by atoms with E-state index in [0.29, 0.717) is 16.4 Å². The van der Waals surface area contributed by atoms with Crippen molar-refractivity contribution in [2.75, 3.05) is 7.11 Å². The molecule has 0 aliphatic rings. The van der Waals surface area contributed by atoms with E-state index in [1.807, 2.05) is 30.3 Å². The Morgan fingerprint density at radius 2 is 1.95 bits per heavy atom. The van der Waals surface area contributed by atoms with Crippen LogP contribution in [-0.4, -0.2) is 12.0 Å². The topological polar surface area (TPSA) is 52.4 Å². The minimum atomic E-state index is -0.379. The lowest BCUT2D eigenvalue weighted by molar-refractivity contribution is -0.387. The molecule has 0 heterocycles. The highest BCUT2D eigenvalue weighted by Gasteiger charge is 2.15. The number of hydrogen-bond acceptors (Lipinski definition) is 4. The molecular weight excluding hydrogens is 262 g/mol. The average molecular weight is 275 g/mol. The van der Waals surface area contributed by atoms with Gasteiger partial charge in [-0.25, -0.2) is 0 Å². The predicted octanol–water partition coefficient (Wildman–Crippen LogP) is 3.90. The van der Waals surface area contributed by atoms with Gasteiger partial charge in [0, 0.05) is 5.75 Å². The Balaban J connectivity index is 2.18. The molecule has 0 saturated carbocycles. The van der Waals surface area contributed by atoms with Gasteiger partial charge in [0.25, 0.3) is 5.69 Å². The van der Waals surface area contributed by atoms with Crippen LogP contribution in [0.25, 0.3) is 0 Å². The fourth-order valence-electron chi connectivity index (χ4n) is 1.62. The summed E-state index contributed by atoms with van der Waals surface area (Å²) in [7, 11) is 1.50. The number of rotatable bonds is 5. The molecule has 0 atom stereocenters. The minimum Gasteiger partial charge on any atom is -0.497 e. The lowest BCUT2D eigenvalue weighted by atomic mass is 10.2. The molecular formula is C14H13NO3S. The Bertz CT molecular complexity index is 572. The van der Waals surface area contributed by atoms with E-state index in [1.54, 1.807) is 12.1 Å². The number of thioether (sulfide) groups is 1. The molecule has 0 fully saturated rings. The second kappa shape index (κ2) is 6.24. The van der Waals surface area contributed by atoms with E-state index in [-0.39, 0.29) is 10.6 Å². The average Bonchev–Trinajstić information content (AvgIpc) is 2.46. The quantitative estimate of drug-likeness (QED) is 0.472. The van der Waals surface area contributed by atoms with E-state index in [9.17, 15) is 10.1 Å². The van der Waals surface area contributed by atoms with Crippen molar-refractivity contribution in [2.24, 2.45) is 0 Å². The summed E-state index contributed by atoms with van der Waals surface area (Å²) in [5.74, 6) is 1.20. The molecule has 0 aromatic heterocycles. The third-order valence-electron chi connectivity index (χ3n) is 2.60. The SMILES string of the molecule is COc1ccc(SCc2ccccc2)c([N+](=O)[O-])c1. The van der Waals surface area contributed by atoms with Gasteiger partial charge < -0.3 is 4.74 Å². The van der Waals surface area contributed by atoms with Gasteiger partial charge in [-0.1, -0.05) is 30.3 Å². The van der Waals surface area contributed by atoms with Gasteiger partial charge in [-0.05, 0) is 17.7 Å². The molecule has 2 aromatic carbocycles. The Labute approximate surface area is 115 Å². The second-order valence-corrected chi connectivity index (χ2v) is 4.88. The molecule has 0 aliphatic heterocycles. The van der Waals surface area contributed by atoms with Gasteiger partial charge in [0.05, 0.1) is 23.0 Å². The summed E-state index contributed by atoms with van der Waals surface area (Å²) >= 11 is 1.45. The van der Waals surface area contributed by atoms with Crippen molar-refractivity contribution in [2.45, 2.75) is 10.6 Å². The third-order valence-corrected chi connectivity index (χ3v) is 3.73. The summed E-state index contributed by atoms with van der Waals surface area (Å²) in [5, 5.41) is 11.0. The number of ether oxygens (including phenoxy) is 1. The molecule has 0 bridgehead atoms. The standard InChI is InChI=1S/C14H13NO3S/c1-18-12-7-8-14(13(9-12)15(16)17)19-10-11-5-3-2-4-6-11/h2-9H,10H2,1H3. The second-order valence-electron chi connectivity index (χ2n) is 3.87. The van der Waals surface area contributed by atoms with E-state index in [2.05, 4.69) is 0 Å². The molecule has 0 spiro atoms. The van der Waals surface area contributed by atoms with Crippen LogP contribution in [-0.2, 0) is 5.75 Å². The van der Waals surface area contributed by atoms with Crippen molar-refractivity contribution < 1.29 is 9.66 Å². The summed E-state index contributed by atoms with van der Waals surface area (Å²) < 4.78 is 5.01. The van der Waals surface area contributed by atoms with Gasteiger partial charge in [0.2, 0.25) is 0 Å². The van der Waals surface area contributed by atoms with Crippen LogP contribution < -0.4 is 4.74 Å². The van der Waals surface area contributed by atoms with Crippen LogP contribution >= 0.6 is 11.8 Å². The summed E-state index contributed by atoms with van der Waals surface area (Å²) in [6, 6.07) is 14.8. The first-order valence-electron chi connectivity index (χ1n) is 5.70. The maximum atomic E-state index is 11.0. The molecule has 0 aliphatic carbocycles. The molecule has 19 heavy (non-hydrogen) atoms. The number of nitrogens with zero attached hydrogens (tertiary/aromatic N) is 1. The number of hydrogen-bond donors (Lipinski definition) is 0. The molecule has 0 N–H and O–H groups in total. The summed E-state index contributed by atoms with van der Waals surface area (Å²) in [4.78, 5) is 11.3. The monoisotopic (exact) mass is 275 g/mol. The number of nitro groups is 1. The first-order chi connectivity index (χ1) is 9.20. The predicted molar refractivity (Wildman–Crippen MR) is 75.7 cm³/mol. The van der Waals surface area contributed by atoms with E-state index in [0.717, 1.165) is 5.56 Å². The van der Waals surface area contributed by atoms with Crippen LogP contribution in [0.4, 0.5) is 5.69 Å². The number of nitro benzene ring substituents is 1. The Morgan fingerprint density at radius 1 is 1.21 bits per heavy atom. The fraction of sp³-hybridized carbons (Fsp3) is 0.143. The van der Waals surface area contributed by atoms with E-state index in [4.69, 9.17) is 4.74 Å². The lowest BCUT2D eigenvalue weighted by Crippen LogP contribution is -1.93. The van der Waals surface area contributed by atoms with Crippen LogP contribution in [0.5, 0.6) is 5.75 Å². The van der Waals surface area contributed by atoms with E-state index < -0.39 is 0 Å². The van der Waals surface area contributed by atoms with Crippen molar-refractivity contribution in [1.82, 2.24) is 0 Å². The van der Waals surface area contributed by atoms with Crippen LogP contribution in [0, 0.1) is 10.1 Å². The van der Waals surface area contributed by atoms with E-state index >= 15 is 0 Å². The highest BCUT2D eigenvalue weighted by molar-refractivity contribution is 7.98. The molecule has 5 heteroatoms. The zero-order valence-corrected chi connectivity index (χ0v) is 11.2. The van der Waals surface area contributed by atoms with Crippen molar-refractivity contribution in [3.8, 4) is 5.75 Å². The van der Waals surface area contributed by atoms with Crippen LogP contribution in [0.2, 0.25) is 0 Å². The van der Waals surface area contributed by atoms with Crippen molar-refractivity contribution >= 4 is 17.4 Å². The maximum absolute atomic E-state index is 11.0. The van der Waals surface area contributed by atoms with Gasteiger partial charge in [-0.2, -0.15) is 0 Å². The number of methoxy groups -OCH3 is 1. The zero-order valence-electron chi connectivity index (χ0n) is 10.4. The Hall–Kier alpha value is -2.01. The van der Waals surface area contributed by atoms with Crippen molar-refractivity contribution in [3.63, 3.8) is 0 Å². The van der Waals surface area contributed by atoms with Crippen LogP contribution in [0.1, 0.15) is 5.56 Å².